The lowest BCUT2D eigenvalue weighted by Gasteiger charge is -2.33. The van der Waals surface area contributed by atoms with E-state index in [-0.39, 0.29) is 29.9 Å². The Hall–Kier alpha value is -3.30. The number of benzene rings is 1. The molecule has 0 saturated heterocycles. The van der Waals surface area contributed by atoms with E-state index in [2.05, 4.69) is 15.6 Å². The predicted molar refractivity (Wildman–Crippen MR) is 132 cm³/mol. The van der Waals surface area contributed by atoms with Gasteiger partial charge < -0.3 is 25.7 Å². The molecule has 0 spiro atoms. The van der Waals surface area contributed by atoms with Crippen molar-refractivity contribution in [1.29, 1.82) is 0 Å². The van der Waals surface area contributed by atoms with E-state index in [4.69, 9.17) is 10.5 Å². The summed E-state index contributed by atoms with van der Waals surface area (Å²) in [6.45, 7) is 2.85. The van der Waals surface area contributed by atoms with Crippen LogP contribution in [-0.2, 0) is 17.9 Å². The molecule has 2 aliphatic rings. The van der Waals surface area contributed by atoms with Crippen LogP contribution in [0.25, 0.3) is 10.9 Å². The molecule has 9 heteroatoms. The molecule has 4 N–H and O–H groups in total. The van der Waals surface area contributed by atoms with Gasteiger partial charge in [-0.1, -0.05) is 0 Å². The number of carbonyl (C=O) groups is 1. The number of rotatable bonds is 6. The Morgan fingerprint density at radius 2 is 2.00 bits per heavy atom. The Bertz CT molecular complexity index is 1320. The molecule has 0 bridgehead atoms. The zero-order chi connectivity index (χ0) is 24.5. The summed E-state index contributed by atoms with van der Waals surface area (Å²) in [7, 11) is 0. The number of anilines is 1. The minimum atomic E-state index is -0.361. The van der Waals surface area contributed by atoms with E-state index >= 15 is 0 Å². The fourth-order valence-electron chi connectivity index (χ4n) is 5.17. The molecule has 1 aliphatic heterocycles. The van der Waals surface area contributed by atoms with Gasteiger partial charge in [0.05, 0.1) is 11.2 Å². The topological polar surface area (TPSA) is 111 Å². The summed E-state index contributed by atoms with van der Waals surface area (Å²) >= 11 is 0. The second-order valence-corrected chi connectivity index (χ2v) is 9.58. The third-order valence-electron chi connectivity index (χ3n) is 7.16. The number of ether oxygens (including phenoxy) is 1. The number of amides is 1. The minimum absolute atomic E-state index is 0.0172. The van der Waals surface area contributed by atoms with Gasteiger partial charge in [0.15, 0.2) is 18.2 Å². The van der Waals surface area contributed by atoms with Crippen LogP contribution >= 0.6 is 0 Å². The molecule has 1 atom stereocenters. The van der Waals surface area contributed by atoms with Crippen LogP contribution in [0.15, 0.2) is 41.2 Å². The molecule has 35 heavy (non-hydrogen) atoms. The average Bonchev–Trinajstić information content (AvgIpc) is 2.85. The van der Waals surface area contributed by atoms with Gasteiger partial charge in [-0.25, -0.2) is 9.37 Å². The van der Waals surface area contributed by atoms with Crippen molar-refractivity contribution in [2.75, 3.05) is 11.9 Å². The fraction of sp³-hybridized carbons (Fsp3) is 0.423. The van der Waals surface area contributed by atoms with Crippen LogP contribution in [0.5, 0.6) is 5.75 Å². The number of aromatic nitrogens is 2. The van der Waals surface area contributed by atoms with Crippen molar-refractivity contribution in [1.82, 2.24) is 14.9 Å². The normalized spacial score (nSPS) is 20.7. The third kappa shape index (κ3) is 5.06. The number of nitrogens with zero attached hydrogens (tertiary/aromatic N) is 2. The van der Waals surface area contributed by atoms with Crippen LogP contribution in [0, 0.1) is 18.7 Å². The number of hydrogen-bond acceptors (Lipinski definition) is 6. The van der Waals surface area contributed by atoms with Crippen LogP contribution in [0.4, 0.5) is 10.2 Å². The van der Waals surface area contributed by atoms with Gasteiger partial charge >= 0.3 is 0 Å². The van der Waals surface area contributed by atoms with E-state index in [1.165, 1.54) is 12.1 Å². The fourth-order valence-corrected chi connectivity index (χ4v) is 5.17. The SMILES string of the molecule is Cc1cc(=O)n(CC(N)C2CCC(NCc3ccc4c(n3)NC(=O)CO4)CC2)c2cc(F)ccc12. The quantitative estimate of drug-likeness (QED) is 0.501. The predicted octanol–water partition coefficient (Wildman–Crippen LogP) is 2.85. The number of halogens is 1. The molecule has 1 aliphatic carbocycles. The first-order chi connectivity index (χ1) is 16.9. The molecule has 1 aromatic carbocycles. The van der Waals surface area contributed by atoms with E-state index in [0.29, 0.717) is 42.1 Å². The van der Waals surface area contributed by atoms with Crippen molar-refractivity contribution in [3.63, 3.8) is 0 Å². The molecule has 184 valence electrons. The van der Waals surface area contributed by atoms with Gasteiger partial charge in [0.25, 0.3) is 11.5 Å². The Kier molecular flexibility index (Phi) is 6.53. The van der Waals surface area contributed by atoms with Gasteiger partial charge in [-0.15, -0.1) is 0 Å². The summed E-state index contributed by atoms with van der Waals surface area (Å²) in [6.07, 6.45) is 3.85. The molecule has 1 saturated carbocycles. The van der Waals surface area contributed by atoms with Crippen LogP contribution < -0.4 is 26.7 Å². The van der Waals surface area contributed by atoms with E-state index in [9.17, 15) is 14.0 Å². The van der Waals surface area contributed by atoms with Crippen LogP contribution in [0.1, 0.15) is 36.9 Å². The molecule has 1 fully saturated rings. The second kappa shape index (κ2) is 9.75. The van der Waals surface area contributed by atoms with Crippen molar-refractivity contribution < 1.29 is 13.9 Å². The van der Waals surface area contributed by atoms with Gasteiger partial charge in [0.1, 0.15) is 5.82 Å². The number of pyridine rings is 2. The van der Waals surface area contributed by atoms with Gasteiger partial charge in [-0.2, -0.15) is 0 Å². The molecular weight excluding hydrogens is 449 g/mol. The summed E-state index contributed by atoms with van der Waals surface area (Å²) < 4.78 is 20.9. The maximum absolute atomic E-state index is 13.9. The van der Waals surface area contributed by atoms with E-state index in [1.807, 2.05) is 19.1 Å². The number of aryl methyl sites for hydroxylation is 1. The maximum atomic E-state index is 13.9. The van der Waals surface area contributed by atoms with Gasteiger partial charge in [-0.3, -0.25) is 9.59 Å². The van der Waals surface area contributed by atoms with Gasteiger partial charge in [0.2, 0.25) is 0 Å². The summed E-state index contributed by atoms with van der Waals surface area (Å²) in [5.41, 5.74) is 8.70. The highest BCUT2D eigenvalue weighted by Crippen LogP contribution is 2.29. The molecule has 1 amide bonds. The number of nitrogens with one attached hydrogen (secondary N) is 2. The van der Waals surface area contributed by atoms with Crippen molar-refractivity contribution in [2.24, 2.45) is 11.7 Å². The van der Waals surface area contributed by atoms with Crippen LogP contribution in [-0.4, -0.2) is 34.1 Å². The molecule has 0 radical (unpaired) electrons. The molecule has 2 aromatic heterocycles. The first-order valence-electron chi connectivity index (χ1n) is 12.1. The first kappa shape index (κ1) is 23.4. The Morgan fingerprint density at radius 3 is 2.80 bits per heavy atom. The Balaban J connectivity index is 1.18. The molecule has 3 heterocycles. The Labute approximate surface area is 202 Å². The van der Waals surface area contributed by atoms with E-state index < -0.39 is 0 Å². The summed E-state index contributed by atoms with van der Waals surface area (Å²) in [5.74, 6) is 0.787. The molecule has 8 nitrogen and oxygen atoms in total. The highest BCUT2D eigenvalue weighted by molar-refractivity contribution is 5.94. The summed E-state index contributed by atoms with van der Waals surface area (Å²) in [6, 6.07) is 10.0. The smallest absolute Gasteiger partial charge is 0.263 e. The Morgan fingerprint density at radius 1 is 1.20 bits per heavy atom. The standard InChI is InChI=1S/C26H30FN5O3/c1-15-10-25(34)32(22-11-17(27)4-8-20(15)22)13-21(28)16-2-5-18(6-3-16)29-12-19-7-9-23-26(30-19)31-24(33)14-35-23/h4,7-11,16,18,21,29H,2-3,5-6,12-14,28H2,1H3,(H,30,31,33). The maximum Gasteiger partial charge on any atom is 0.263 e. The molecule has 1 unspecified atom stereocenters. The number of fused-ring (bicyclic) bond motifs is 2. The lowest BCUT2D eigenvalue weighted by molar-refractivity contribution is -0.118. The zero-order valence-electron chi connectivity index (χ0n) is 19.7. The number of hydrogen-bond donors (Lipinski definition) is 3. The molecular formula is C26H30FN5O3. The number of nitrogens with two attached hydrogens (primary N) is 1. The van der Waals surface area contributed by atoms with Crippen molar-refractivity contribution in [2.45, 2.75) is 57.8 Å². The van der Waals surface area contributed by atoms with Crippen molar-refractivity contribution in [3.05, 3.63) is 63.8 Å². The largest absolute Gasteiger partial charge is 0.480 e. The number of carbonyl (C=O) groups excluding carboxylic acids is 1. The van der Waals surface area contributed by atoms with E-state index in [0.717, 1.165) is 42.3 Å². The lowest BCUT2D eigenvalue weighted by Crippen LogP contribution is -2.42. The monoisotopic (exact) mass is 479 g/mol. The first-order valence-corrected chi connectivity index (χ1v) is 12.1. The molecule has 5 rings (SSSR count). The van der Waals surface area contributed by atoms with E-state index in [1.54, 1.807) is 16.7 Å². The highest BCUT2D eigenvalue weighted by Gasteiger charge is 2.26. The van der Waals surface area contributed by atoms with Crippen molar-refractivity contribution in [3.8, 4) is 5.75 Å². The lowest BCUT2D eigenvalue weighted by atomic mass is 9.81. The van der Waals surface area contributed by atoms with Crippen molar-refractivity contribution >= 4 is 22.6 Å². The summed E-state index contributed by atoms with van der Waals surface area (Å²) in [5, 5.41) is 7.16. The second-order valence-electron chi connectivity index (χ2n) is 9.58. The highest BCUT2D eigenvalue weighted by atomic mass is 19.1. The van der Waals surface area contributed by atoms with Crippen LogP contribution in [0.3, 0.4) is 0 Å². The molecule has 3 aromatic rings. The third-order valence-corrected chi connectivity index (χ3v) is 7.16. The minimum Gasteiger partial charge on any atom is -0.480 e. The average molecular weight is 480 g/mol. The summed E-state index contributed by atoms with van der Waals surface area (Å²) in [4.78, 5) is 28.7. The van der Waals surface area contributed by atoms with Crippen LogP contribution in [0.2, 0.25) is 0 Å². The van der Waals surface area contributed by atoms with Gasteiger partial charge in [0, 0.05) is 36.6 Å². The zero-order valence-corrected chi connectivity index (χ0v) is 19.7. The van der Waals surface area contributed by atoms with Gasteiger partial charge in [-0.05, 0) is 74.4 Å².